The molecule has 1 saturated heterocycles. The highest BCUT2D eigenvalue weighted by Crippen LogP contribution is 2.43. The second-order valence-electron chi connectivity index (χ2n) is 8.97. The molecule has 2 aromatic heterocycles. The van der Waals surface area contributed by atoms with Crippen molar-refractivity contribution in [2.45, 2.75) is 62.6 Å². The van der Waals surface area contributed by atoms with Gasteiger partial charge in [-0.25, -0.2) is 0 Å². The molecular formula is C24H27ClF3NO3. The first-order chi connectivity index (χ1) is 15.2. The van der Waals surface area contributed by atoms with Crippen molar-refractivity contribution in [2.75, 3.05) is 13.2 Å². The number of carbonyl (C=O) groups excluding carboxylic acids is 1. The molecule has 32 heavy (non-hydrogen) atoms. The number of aliphatic hydroxyl groups is 1. The molecule has 4 nitrogen and oxygen atoms in total. The van der Waals surface area contributed by atoms with Crippen molar-refractivity contribution < 1.29 is 27.8 Å². The molecule has 2 aliphatic rings. The van der Waals surface area contributed by atoms with E-state index >= 15 is 0 Å². The van der Waals surface area contributed by atoms with Crippen LogP contribution >= 0.6 is 11.6 Å². The minimum Gasteiger partial charge on any atom is -0.390 e. The summed E-state index contributed by atoms with van der Waals surface area (Å²) >= 11 is 6.43. The highest BCUT2D eigenvalue weighted by Gasteiger charge is 2.46. The Morgan fingerprint density at radius 3 is 2.78 bits per heavy atom. The zero-order valence-electron chi connectivity index (χ0n) is 17.7. The van der Waals surface area contributed by atoms with Crippen LogP contribution in [0.2, 0.25) is 5.02 Å². The molecule has 0 spiro atoms. The number of halogens is 4. The first-order valence-corrected chi connectivity index (χ1v) is 11.4. The van der Waals surface area contributed by atoms with Gasteiger partial charge in [-0.1, -0.05) is 17.7 Å². The van der Waals surface area contributed by atoms with Crippen molar-refractivity contribution in [1.82, 2.24) is 4.40 Å². The largest absolute Gasteiger partial charge is 0.391 e. The van der Waals surface area contributed by atoms with Crippen molar-refractivity contribution in [3.05, 3.63) is 52.8 Å². The fourth-order valence-corrected chi connectivity index (χ4v) is 5.28. The third kappa shape index (κ3) is 4.90. The van der Waals surface area contributed by atoms with Gasteiger partial charge in [0.2, 0.25) is 0 Å². The van der Waals surface area contributed by atoms with Crippen LogP contribution in [-0.4, -0.2) is 40.3 Å². The SMILES string of the molecule is O=C(/C=C/CC1(O)CCCC(C(F)(F)F)C1)c1cc(C2CCOCC2)n2cccc(Cl)c12. The van der Waals surface area contributed by atoms with Gasteiger partial charge in [0.1, 0.15) is 0 Å². The van der Waals surface area contributed by atoms with Crippen molar-refractivity contribution in [2.24, 2.45) is 5.92 Å². The molecule has 0 radical (unpaired) electrons. The lowest BCUT2D eigenvalue weighted by Crippen LogP contribution is -2.40. The predicted molar refractivity (Wildman–Crippen MR) is 116 cm³/mol. The van der Waals surface area contributed by atoms with Gasteiger partial charge in [-0.05, 0) is 69.2 Å². The fraction of sp³-hybridized carbons (Fsp3) is 0.542. The number of ether oxygens (including phenoxy) is 1. The Labute approximate surface area is 190 Å². The van der Waals surface area contributed by atoms with E-state index in [2.05, 4.69) is 0 Å². The van der Waals surface area contributed by atoms with Gasteiger partial charge in [0.25, 0.3) is 0 Å². The van der Waals surface area contributed by atoms with Gasteiger partial charge in [0.15, 0.2) is 5.78 Å². The molecule has 8 heteroatoms. The number of nitrogens with zero attached hydrogens (tertiary/aromatic N) is 1. The molecule has 2 unspecified atom stereocenters. The van der Waals surface area contributed by atoms with Crippen molar-refractivity contribution >= 4 is 22.9 Å². The molecule has 4 rings (SSSR count). The summed E-state index contributed by atoms with van der Waals surface area (Å²) in [5.74, 6) is -1.52. The number of hydrogen-bond acceptors (Lipinski definition) is 3. The van der Waals surface area contributed by atoms with E-state index in [0.29, 0.717) is 42.2 Å². The Bertz CT molecular complexity index is 1010. The molecule has 3 heterocycles. The third-order valence-electron chi connectivity index (χ3n) is 6.73. The second-order valence-corrected chi connectivity index (χ2v) is 9.38. The van der Waals surface area contributed by atoms with Gasteiger partial charge < -0.3 is 14.2 Å². The van der Waals surface area contributed by atoms with Crippen LogP contribution in [0.5, 0.6) is 0 Å². The molecule has 174 valence electrons. The zero-order chi connectivity index (χ0) is 22.9. The molecular weight excluding hydrogens is 443 g/mol. The molecule has 2 fully saturated rings. The molecule has 0 bridgehead atoms. The molecule has 0 amide bonds. The predicted octanol–water partition coefficient (Wildman–Crippen LogP) is 6.10. The quantitative estimate of drug-likeness (QED) is 0.425. The maximum Gasteiger partial charge on any atom is 0.391 e. The lowest BCUT2D eigenvalue weighted by Gasteiger charge is -2.37. The van der Waals surface area contributed by atoms with E-state index in [1.54, 1.807) is 6.07 Å². The summed E-state index contributed by atoms with van der Waals surface area (Å²) in [6, 6.07) is 5.42. The third-order valence-corrected chi connectivity index (χ3v) is 7.03. The Kier molecular flexibility index (Phi) is 6.71. The van der Waals surface area contributed by atoms with Gasteiger partial charge in [0, 0.05) is 36.6 Å². The molecule has 1 aliphatic heterocycles. The summed E-state index contributed by atoms with van der Waals surface area (Å²) in [6.45, 7) is 1.33. The Hall–Kier alpha value is -1.83. The molecule has 0 aromatic carbocycles. The number of rotatable bonds is 5. The maximum absolute atomic E-state index is 13.1. The number of pyridine rings is 1. The van der Waals surface area contributed by atoms with Crippen LogP contribution in [0.25, 0.3) is 5.52 Å². The average molecular weight is 470 g/mol. The second kappa shape index (κ2) is 9.20. The van der Waals surface area contributed by atoms with E-state index in [9.17, 15) is 23.1 Å². The average Bonchev–Trinajstić information content (AvgIpc) is 3.15. The number of alkyl halides is 3. The van der Waals surface area contributed by atoms with Crippen LogP contribution < -0.4 is 0 Å². The Morgan fingerprint density at radius 2 is 2.06 bits per heavy atom. The van der Waals surface area contributed by atoms with Crippen molar-refractivity contribution in [1.29, 1.82) is 0 Å². The van der Waals surface area contributed by atoms with E-state index in [-0.39, 0.29) is 31.0 Å². The first-order valence-electron chi connectivity index (χ1n) is 11.1. The topological polar surface area (TPSA) is 50.9 Å². The van der Waals surface area contributed by atoms with Crippen molar-refractivity contribution in [3.63, 3.8) is 0 Å². The number of fused-ring (bicyclic) bond motifs is 1. The van der Waals surface area contributed by atoms with Crippen LogP contribution in [0.3, 0.4) is 0 Å². The number of hydrogen-bond donors (Lipinski definition) is 1. The molecule has 1 saturated carbocycles. The van der Waals surface area contributed by atoms with Crippen LogP contribution in [0.15, 0.2) is 36.5 Å². The standard InChI is InChI=1S/C24H27ClF3NO3/c25-19-5-3-11-29-20(16-7-12-32-13-8-16)14-18(22(19)29)21(30)6-2-10-23(31)9-1-4-17(15-23)24(26,27)28/h2-3,5-6,11,14,16-17,31H,1,4,7-10,12-13,15H2/b6-2+. The minimum absolute atomic E-state index is 0.0116. The lowest BCUT2D eigenvalue weighted by molar-refractivity contribution is -0.200. The normalized spacial score (nSPS) is 25.6. The van der Waals surface area contributed by atoms with Gasteiger partial charge in [-0.2, -0.15) is 13.2 Å². The van der Waals surface area contributed by atoms with E-state index in [1.807, 2.05) is 22.7 Å². The number of allylic oxidation sites excluding steroid dienone is 1. The monoisotopic (exact) mass is 469 g/mol. The minimum atomic E-state index is -4.31. The number of ketones is 1. The summed E-state index contributed by atoms with van der Waals surface area (Å²) in [7, 11) is 0. The maximum atomic E-state index is 13.1. The first kappa shape index (κ1) is 23.3. The highest BCUT2D eigenvalue weighted by atomic mass is 35.5. The molecule has 2 aromatic rings. The van der Waals surface area contributed by atoms with Crippen LogP contribution in [0.1, 0.15) is 66.9 Å². The summed E-state index contributed by atoms with van der Waals surface area (Å²) < 4.78 is 46.7. The summed E-state index contributed by atoms with van der Waals surface area (Å²) in [5, 5.41) is 11.1. The summed E-state index contributed by atoms with van der Waals surface area (Å²) in [5.41, 5.74) is 0.639. The highest BCUT2D eigenvalue weighted by molar-refractivity contribution is 6.35. The van der Waals surface area contributed by atoms with Gasteiger partial charge in [-0.3, -0.25) is 4.79 Å². The smallest absolute Gasteiger partial charge is 0.390 e. The van der Waals surface area contributed by atoms with Gasteiger partial charge in [-0.15, -0.1) is 0 Å². The molecule has 2 atom stereocenters. The number of aromatic nitrogens is 1. The van der Waals surface area contributed by atoms with Crippen LogP contribution in [0.4, 0.5) is 13.2 Å². The van der Waals surface area contributed by atoms with E-state index < -0.39 is 17.7 Å². The van der Waals surface area contributed by atoms with E-state index in [0.717, 1.165) is 18.5 Å². The summed E-state index contributed by atoms with van der Waals surface area (Å²) in [4.78, 5) is 13.0. The van der Waals surface area contributed by atoms with Crippen LogP contribution in [0, 0.1) is 5.92 Å². The Balaban J connectivity index is 1.54. The summed E-state index contributed by atoms with van der Waals surface area (Å²) in [6.07, 6.45) is 2.47. The zero-order valence-corrected chi connectivity index (χ0v) is 18.5. The van der Waals surface area contributed by atoms with Gasteiger partial charge >= 0.3 is 6.18 Å². The Morgan fingerprint density at radius 1 is 1.31 bits per heavy atom. The fourth-order valence-electron chi connectivity index (χ4n) is 5.02. The number of carbonyl (C=O) groups is 1. The van der Waals surface area contributed by atoms with Gasteiger partial charge in [0.05, 0.1) is 22.1 Å². The van der Waals surface area contributed by atoms with E-state index in [4.69, 9.17) is 16.3 Å². The molecule has 1 aliphatic carbocycles. The lowest BCUT2D eigenvalue weighted by atomic mass is 9.76. The van der Waals surface area contributed by atoms with Crippen LogP contribution in [-0.2, 0) is 4.74 Å². The van der Waals surface area contributed by atoms with Crippen molar-refractivity contribution in [3.8, 4) is 0 Å². The van der Waals surface area contributed by atoms with E-state index in [1.165, 1.54) is 12.2 Å². The molecule has 1 N–H and O–H groups in total.